The summed E-state index contributed by atoms with van der Waals surface area (Å²) in [6.45, 7) is 2.50. The third-order valence-corrected chi connectivity index (χ3v) is 5.59. The number of hydrogen-bond acceptors (Lipinski definition) is 7. The zero-order chi connectivity index (χ0) is 28.7. The molecule has 0 bridgehead atoms. The number of sulfonamides is 1. The number of alkyl halides is 3. The van der Waals surface area contributed by atoms with Gasteiger partial charge in [0.2, 0.25) is 15.9 Å². The van der Waals surface area contributed by atoms with Crippen molar-refractivity contribution in [3.63, 3.8) is 0 Å². The van der Waals surface area contributed by atoms with Gasteiger partial charge < -0.3 is 20.4 Å². The fourth-order valence-electron chi connectivity index (χ4n) is 3.30. The van der Waals surface area contributed by atoms with E-state index in [0.717, 1.165) is 6.26 Å². The number of nitrogens with one attached hydrogen (secondary N) is 2. The molecule has 1 aliphatic heterocycles. The molecule has 2 aromatic carbocycles. The van der Waals surface area contributed by atoms with Crippen LogP contribution in [0.15, 0.2) is 42.5 Å². The van der Waals surface area contributed by atoms with Crippen molar-refractivity contribution in [2.24, 2.45) is 0 Å². The number of nitrogens with zero attached hydrogens (tertiary/aromatic N) is 2. The lowest BCUT2D eigenvalue weighted by molar-refractivity contribution is -0.192. The zero-order valence-corrected chi connectivity index (χ0v) is 20.6. The smallest absolute Gasteiger partial charge is 0.478 e. The molecule has 0 atom stereocenters. The molecule has 0 radical (unpaired) electrons. The maximum absolute atomic E-state index is 12.9. The van der Waals surface area contributed by atoms with Gasteiger partial charge in [0.25, 0.3) is 0 Å². The summed E-state index contributed by atoms with van der Waals surface area (Å²) < 4.78 is 69.8. The minimum atomic E-state index is -5.08. The van der Waals surface area contributed by atoms with Crippen molar-refractivity contribution in [3.8, 4) is 0 Å². The Bertz CT molecular complexity index is 1260. The van der Waals surface area contributed by atoms with Gasteiger partial charge in [-0.15, -0.1) is 0 Å². The maximum atomic E-state index is 12.9. The van der Waals surface area contributed by atoms with Crippen molar-refractivity contribution < 1.29 is 50.6 Å². The number of carboxylic acid groups (broad SMARTS) is 2. The molecule has 1 heterocycles. The molecular formula is C22H24F4N4O7S. The first kappa shape index (κ1) is 30.3. The monoisotopic (exact) mass is 564 g/mol. The molecule has 0 unspecified atom stereocenters. The van der Waals surface area contributed by atoms with Crippen LogP contribution in [0.25, 0.3) is 0 Å². The maximum Gasteiger partial charge on any atom is 0.490 e. The molecule has 0 spiro atoms. The van der Waals surface area contributed by atoms with E-state index in [1.807, 2.05) is 9.80 Å². The number of carbonyl (C=O) groups is 3. The van der Waals surface area contributed by atoms with Gasteiger partial charge in [0.05, 0.1) is 24.1 Å². The second kappa shape index (κ2) is 12.6. The van der Waals surface area contributed by atoms with Crippen LogP contribution in [0.3, 0.4) is 0 Å². The van der Waals surface area contributed by atoms with Crippen molar-refractivity contribution in [2.45, 2.75) is 6.18 Å². The van der Waals surface area contributed by atoms with E-state index in [0.29, 0.717) is 37.6 Å². The van der Waals surface area contributed by atoms with Crippen molar-refractivity contribution in [3.05, 3.63) is 53.8 Å². The molecule has 0 aromatic heterocycles. The summed E-state index contributed by atoms with van der Waals surface area (Å²) in [4.78, 5) is 36.6. The predicted octanol–water partition coefficient (Wildman–Crippen LogP) is 2.29. The van der Waals surface area contributed by atoms with Crippen LogP contribution in [0, 0.1) is 5.82 Å². The molecule has 16 heteroatoms. The van der Waals surface area contributed by atoms with Gasteiger partial charge in [0.15, 0.2) is 0 Å². The van der Waals surface area contributed by atoms with Gasteiger partial charge in [-0.25, -0.2) is 22.4 Å². The second-order valence-electron chi connectivity index (χ2n) is 8.03. The largest absolute Gasteiger partial charge is 0.490 e. The molecule has 0 aliphatic carbocycles. The highest BCUT2D eigenvalue weighted by Crippen LogP contribution is 2.25. The molecular weight excluding hydrogens is 540 g/mol. The van der Waals surface area contributed by atoms with Gasteiger partial charge in [-0.2, -0.15) is 13.2 Å². The molecule has 1 amide bonds. The Hall–Kier alpha value is -3.92. The predicted molar refractivity (Wildman–Crippen MR) is 129 cm³/mol. The third-order valence-electron chi connectivity index (χ3n) is 5.00. The van der Waals surface area contributed by atoms with E-state index < -0.39 is 28.1 Å². The highest BCUT2D eigenvalue weighted by Gasteiger charge is 2.38. The van der Waals surface area contributed by atoms with E-state index in [2.05, 4.69) is 10.0 Å². The number of carbonyl (C=O) groups excluding carboxylic acids is 1. The van der Waals surface area contributed by atoms with Crippen molar-refractivity contribution in [2.75, 3.05) is 53.9 Å². The number of halogens is 4. The van der Waals surface area contributed by atoms with Gasteiger partial charge in [-0.1, -0.05) is 0 Å². The molecule has 38 heavy (non-hydrogen) atoms. The summed E-state index contributed by atoms with van der Waals surface area (Å²) in [5, 5.41) is 19.3. The van der Waals surface area contributed by atoms with Crippen LogP contribution >= 0.6 is 0 Å². The number of aromatic carboxylic acids is 1. The summed E-state index contributed by atoms with van der Waals surface area (Å²) in [7, 11) is -3.60. The first-order valence-corrected chi connectivity index (χ1v) is 12.6. The summed E-state index contributed by atoms with van der Waals surface area (Å²) in [6, 6.07) is 10.1. The Morgan fingerprint density at radius 3 is 2.00 bits per heavy atom. The lowest BCUT2D eigenvalue weighted by atomic mass is 10.1. The molecule has 4 N–H and O–H groups in total. The number of rotatable bonds is 7. The Kier molecular flexibility index (Phi) is 10.0. The van der Waals surface area contributed by atoms with Gasteiger partial charge >= 0.3 is 18.1 Å². The first-order chi connectivity index (χ1) is 17.5. The van der Waals surface area contributed by atoms with Gasteiger partial charge in [-0.3, -0.25) is 14.4 Å². The van der Waals surface area contributed by atoms with Crippen molar-refractivity contribution in [1.82, 2.24) is 4.90 Å². The number of hydrogen-bond donors (Lipinski definition) is 4. The molecule has 0 saturated carbocycles. The normalized spacial score (nSPS) is 14.2. The molecule has 208 valence electrons. The van der Waals surface area contributed by atoms with Gasteiger partial charge in [0.1, 0.15) is 5.82 Å². The Labute approximate surface area is 214 Å². The number of piperazine rings is 1. The molecule has 11 nitrogen and oxygen atoms in total. The average molecular weight is 565 g/mol. The number of aliphatic carboxylic acids is 1. The van der Waals surface area contributed by atoms with E-state index >= 15 is 0 Å². The van der Waals surface area contributed by atoms with E-state index in [9.17, 15) is 40.7 Å². The van der Waals surface area contributed by atoms with Crippen molar-refractivity contribution in [1.29, 1.82) is 0 Å². The van der Waals surface area contributed by atoms with E-state index in [1.54, 1.807) is 6.07 Å². The number of amides is 1. The van der Waals surface area contributed by atoms with Crippen LogP contribution in [0.2, 0.25) is 0 Å². The molecule has 3 rings (SSSR count). The molecule has 2 aromatic rings. The van der Waals surface area contributed by atoms with Crippen LogP contribution in [-0.4, -0.2) is 86.5 Å². The number of anilines is 3. The highest BCUT2D eigenvalue weighted by atomic mass is 32.2. The molecule has 1 saturated heterocycles. The highest BCUT2D eigenvalue weighted by molar-refractivity contribution is 7.92. The van der Waals surface area contributed by atoms with E-state index in [1.165, 1.54) is 36.4 Å². The van der Waals surface area contributed by atoms with Crippen LogP contribution in [-0.2, 0) is 19.6 Å². The SMILES string of the molecule is CS(=O)(=O)Nc1ccc(N2CCN(CC(=O)Nc3ccc(F)cc3)CC2)cc1C(=O)O.O=C(O)C(F)(F)F. The van der Waals surface area contributed by atoms with Gasteiger partial charge in [-0.05, 0) is 42.5 Å². The molecule has 1 aliphatic rings. The third kappa shape index (κ3) is 9.85. The number of carboxylic acids is 2. The minimum absolute atomic E-state index is 0.00912. The van der Waals surface area contributed by atoms with Crippen LogP contribution in [0.1, 0.15) is 10.4 Å². The quantitative estimate of drug-likeness (QED) is 0.371. The first-order valence-electron chi connectivity index (χ1n) is 10.7. The summed E-state index contributed by atoms with van der Waals surface area (Å²) >= 11 is 0. The number of benzene rings is 2. The minimum Gasteiger partial charge on any atom is -0.478 e. The van der Waals surface area contributed by atoms with E-state index in [4.69, 9.17) is 9.90 Å². The van der Waals surface area contributed by atoms with E-state index in [-0.39, 0.29) is 29.5 Å². The fourth-order valence-corrected chi connectivity index (χ4v) is 3.87. The topological polar surface area (TPSA) is 156 Å². The van der Waals surface area contributed by atoms with Crippen molar-refractivity contribution >= 4 is 44.9 Å². The Morgan fingerprint density at radius 2 is 1.53 bits per heavy atom. The van der Waals surface area contributed by atoms with Crippen LogP contribution in [0.4, 0.5) is 34.6 Å². The molecule has 1 fully saturated rings. The Morgan fingerprint density at radius 1 is 0.974 bits per heavy atom. The average Bonchev–Trinajstić information content (AvgIpc) is 2.80. The summed E-state index contributed by atoms with van der Waals surface area (Å²) in [6.07, 6.45) is -4.13. The lowest BCUT2D eigenvalue weighted by Gasteiger charge is -2.36. The fraction of sp³-hybridized carbons (Fsp3) is 0.318. The lowest BCUT2D eigenvalue weighted by Crippen LogP contribution is -2.48. The van der Waals surface area contributed by atoms with Gasteiger partial charge in [0, 0.05) is 37.6 Å². The van der Waals surface area contributed by atoms with Crippen LogP contribution < -0.4 is 14.9 Å². The summed E-state index contributed by atoms with van der Waals surface area (Å²) in [5.41, 5.74) is 1.06. The van der Waals surface area contributed by atoms with Crippen LogP contribution in [0.5, 0.6) is 0 Å². The second-order valence-corrected chi connectivity index (χ2v) is 9.78. The summed E-state index contributed by atoms with van der Waals surface area (Å²) in [5.74, 6) is -4.57. The zero-order valence-electron chi connectivity index (χ0n) is 19.8. The standard InChI is InChI=1S/C20H23FN4O5S.C2HF3O2/c1-31(29,30)23-18-7-6-16(12-17(18)20(27)28)25-10-8-24(9-11-25)13-19(26)22-15-4-2-14(21)3-5-15;3-2(4,5)1(6)7/h2-7,12,23H,8-11,13H2,1H3,(H,22,26)(H,27,28);(H,6,7). The Balaban J connectivity index is 0.000000638.